The lowest BCUT2D eigenvalue weighted by atomic mass is 9.79. The molecule has 0 saturated heterocycles. The Morgan fingerprint density at radius 3 is 2.59 bits per heavy atom. The number of halogens is 1. The van der Waals surface area contributed by atoms with Crippen LogP contribution in [0.3, 0.4) is 0 Å². The Hall–Kier alpha value is -2.40. The zero-order valence-corrected chi connectivity index (χ0v) is 16.0. The van der Waals surface area contributed by atoms with Crippen LogP contribution in [0.5, 0.6) is 0 Å². The van der Waals surface area contributed by atoms with Crippen LogP contribution >= 0.6 is 0 Å². The van der Waals surface area contributed by atoms with Gasteiger partial charge >= 0.3 is 6.09 Å². The molecular formula is C22H26FNO3. The Kier molecular flexibility index (Phi) is 5.51. The molecule has 0 radical (unpaired) electrons. The summed E-state index contributed by atoms with van der Waals surface area (Å²) in [4.78, 5) is 11.3. The summed E-state index contributed by atoms with van der Waals surface area (Å²) in [5.41, 5.74) is 9.33. The third-order valence-electron chi connectivity index (χ3n) is 5.10. The van der Waals surface area contributed by atoms with Gasteiger partial charge in [-0.2, -0.15) is 0 Å². The van der Waals surface area contributed by atoms with Gasteiger partial charge in [0.2, 0.25) is 0 Å². The summed E-state index contributed by atoms with van der Waals surface area (Å²) in [5.74, 6) is -0.160. The largest absolute Gasteiger partial charge is 0.446 e. The average molecular weight is 371 g/mol. The molecule has 1 aliphatic heterocycles. The maximum absolute atomic E-state index is 13.3. The van der Waals surface area contributed by atoms with Crippen molar-refractivity contribution in [3.05, 3.63) is 59.4 Å². The molecule has 0 fully saturated rings. The van der Waals surface area contributed by atoms with Crippen LogP contribution in [0.25, 0.3) is 11.1 Å². The molecule has 144 valence electrons. The highest BCUT2D eigenvalue weighted by atomic mass is 19.1. The van der Waals surface area contributed by atoms with Gasteiger partial charge in [-0.1, -0.05) is 51.1 Å². The molecule has 1 heterocycles. The molecule has 3 rings (SSSR count). The number of amides is 1. The van der Waals surface area contributed by atoms with Gasteiger partial charge in [-0.15, -0.1) is 0 Å². The molecule has 0 aliphatic carbocycles. The van der Waals surface area contributed by atoms with E-state index in [2.05, 4.69) is 6.07 Å². The van der Waals surface area contributed by atoms with E-state index >= 15 is 0 Å². The van der Waals surface area contributed by atoms with E-state index in [1.165, 1.54) is 17.7 Å². The molecule has 2 N–H and O–H groups in total. The van der Waals surface area contributed by atoms with E-state index in [-0.39, 0.29) is 23.3 Å². The van der Waals surface area contributed by atoms with E-state index in [9.17, 15) is 9.18 Å². The molecule has 27 heavy (non-hydrogen) atoms. The van der Waals surface area contributed by atoms with Crippen LogP contribution in [0.4, 0.5) is 9.18 Å². The summed E-state index contributed by atoms with van der Waals surface area (Å²) < 4.78 is 24.6. The second kappa shape index (κ2) is 7.69. The maximum Gasteiger partial charge on any atom is 0.404 e. The molecule has 2 aromatic carbocycles. The number of hydrogen-bond donors (Lipinski definition) is 1. The number of rotatable bonds is 4. The molecule has 2 unspecified atom stereocenters. The zero-order chi connectivity index (χ0) is 19.6. The van der Waals surface area contributed by atoms with Gasteiger partial charge in [0.05, 0.1) is 13.2 Å². The molecule has 1 amide bonds. The second-order valence-corrected chi connectivity index (χ2v) is 8.12. The van der Waals surface area contributed by atoms with Crippen molar-refractivity contribution in [2.45, 2.75) is 45.8 Å². The van der Waals surface area contributed by atoms with E-state index in [0.29, 0.717) is 19.6 Å². The zero-order valence-electron chi connectivity index (χ0n) is 16.0. The predicted molar refractivity (Wildman–Crippen MR) is 103 cm³/mol. The van der Waals surface area contributed by atoms with Gasteiger partial charge in [-0.25, -0.2) is 9.18 Å². The van der Waals surface area contributed by atoms with Gasteiger partial charge < -0.3 is 15.2 Å². The van der Waals surface area contributed by atoms with E-state index in [1.54, 1.807) is 12.1 Å². The molecule has 0 saturated carbocycles. The smallest absolute Gasteiger partial charge is 0.404 e. The first-order valence-electron chi connectivity index (χ1n) is 9.17. The lowest BCUT2D eigenvalue weighted by Crippen LogP contribution is -2.36. The van der Waals surface area contributed by atoms with Gasteiger partial charge in [-0.3, -0.25) is 0 Å². The van der Waals surface area contributed by atoms with Crippen molar-refractivity contribution in [1.82, 2.24) is 0 Å². The molecular weight excluding hydrogens is 345 g/mol. The van der Waals surface area contributed by atoms with Crippen molar-refractivity contribution in [3.63, 3.8) is 0 Å². The van der Waals surface area contributed by atoms with Crippen molar-refractivity contribution in [2.24, 2.45) is 11.1 Å². The number of ether oxygens (including phenoxy) is 2. The van der Waals surface area contributed by atoms with Gasteiger partial charge in [0.15, 0.2) is 0 Å². The summed E-state index contributed by atoms with van der Waals surface area (Å²) in [6, 6.07) is 12.6. The predicted octanol–water partition coefficient (Wildman–Crippen LogP) is 5.01. The Labute approximate surface area is 159 Å². The lowest BCUT2D eigenvalue weighted by Gasteiger charge is -2.35. The quantitative estimate of drug-likeness (QED) is 0.822. The summed E-state index contributed by atoms with van der Waals surface area (Å²) >= 11 is 0. The van der Waals surface area contributed by atoms with Crippen LogP contribution in [0.1, 0.15) is 44.2 Å². The van der Waals surface area contributed by atoms with Crippen LogP contribution in [-0.4, -0.2) is 18.8 Å². The molecule has 2 atom stereocenters. The number of nitrogens with two attached hydrogens (primary N) is 1. The van der Waals surface area contributed by atoms with Crippen molar-refractivity contribution in [2.75, 3.05) is 6.61 Å². The summed E-state index contributed by atoms with van der Waals surface area (Å²) in [5, 5.41) is 0. The highest BCUT2D eigenvalue weighted by molar-refractivity contribution is 5.69. The third kappa shape index (κ3) is 4.48. The highest BCUT2D eigenvalue weighted by Gasteiger charge is 2.33. The van der Waals surface area contributed by atoms with Crippen LogP contribution in [0, 0.1) is 11.2 Å². The minimum Gasteiger partial charge on any atom is -0.446 e. The normalized spacial score (nSPS) is 17.9. The first-order chi connectivity index (χ1) is 12.8. The molecule has 1 aliphatic rings. The minimum absolute atomic E-state index is 0.0951. The standard InChI is InChI=1S/C22H26FNO3/c1-22(2,3)20(27-21(24)25)11-15-12-26-13-19-17(5-4-6-18(15)19)14-7-9-16(23)10-8-14/h4-10,15,20H,11-13H2,1-3H3,(H2,24,25). The topological polar surface area (TPSA) is 61.6 Å². The number of carbonyl (C=O) groups excluding carboxylic acids is 1. The molecule has 0 aromatic heterocycles. The van der Waals surface area contributed by atoms with Crippen LogP contribution in [-0.2, 0) is 16.1 Å². The van der Waals surface area contributed by atoms with Gasteiger partial charge in [0.25, 0.3) is 0 Å². The minimum atomic E-state index is -0.757. The van der Waals surface area contributed by atoms with Crippen LogP contribution < -0.4 is 5.73 Å². The molecule has 0 spiro atoms. The first-order valence-corrected chi connectivity index (χ1v) is 9.17. The lowest BCUT2D eigenvalue weighted by molar-refractivity contribution is 0.0108. The molecule has 4 nitrogen and oxygen atoms in total. The Morgan fingerprint density at radius 2 is 1.96 bits per heavy atom. The van der Waals surface area contributed by atoms with Crippen LogP contribution in [0.15, 0.2) is 42.5 Å². The second-order valence-electron chi connectivity index (χ2n) is 8.12. The van der Waals surface area contributed by atoms with E-state index in [0.717, 1.165) is 16.7 Å². The maximum atomic E-state index is 13.3. The average Bonchev–Trinajstić information content (AvgIpc) is 2.60. The number of fused-ring (bicyclic) bond motifs is 1. The fourth-order valence-corrected chi connectivity index (χ4v) is 3.61. The number of benzene rings is 2. The molecule has 5 heteroatoms. The van der Waals surface area contributed by atoms with Crippen molar-refractivity contribution >= 4 is 6.09 Å². The third-order valence-corrected chi connectivity index (χ3v) is 5.10. The summed E-state index contributed by atoms with van der Waals surface area (Å²) in [6.07, 6.45) is -0.442. The van der Waals surface area contributed by atoms with Gasteiger partial charge in [-0.05, 0) is 46.2 Å². The van der Waals surface area contributed by atoms with E-state index in [4.69, 9.17) is 15.2 Å². The number of carbonyl (C=O) groups is 1. The summed E-state index contributed by atoms with van der Waals surface area (Å²) in [6.45, 7) is 7.16. The van der Waals surface area contributed by atoms with E-state index < -0.39 is 6.09 Å². The fourth-order valence-electron chi connectivity index (χ4n) is 3.61. The number of hydrogen-bond acceptors (Lipinski definition) is 3. The van der Waals surface area contributed by atoms with Crippen molar-refractivity contribution in [3.8, 4) is 11.1 Å². The van der Waals surface area contributed by atoms with Gasteiger partial charge in [0.1, 0.15) is 11.9 Å². The highest BCUT2D eigenvalue weighted by Crippen LogP contribution is 2.39. The monoisotopic (exact) mass is 371 g/mol. The Morgan fingerprint density at radius 1 is 1.26 bits per heavy atom. The van der Waals surface area contributed by atoms with Gasteiger partial charge in [0, 0.05) is 5.92 Å². The van der Waals surface area contributed by atoms with Crippen molar-refractivity contribution < 1.29 is 18.7 Å². The summed E-state index contributed by atoms with van der Waals surface area (Å²) in [7, 11) is 0. The molecule has 2 aromatic rings. The SMILES string of the molecule is CC(C)(C)C(CC1COCc2c(-c3ccc(F)cc3)cccc21)OC(N)=O. The first kappa shape index (κ1) is 19.4. The Balaban J connectivity index is 1.93. The molecule has 0 bridgehead atoms. The number of primary amides is 1. The Bertz CT molecular complexity index is 811. The van der Waals surface area contributed by atoms with E-state index in [1.807, 2.05) is 32.9 Å². The fraction of sp³-hybridized carbons (Fsp3) is 0.409. The van der Waals surface area contributed by atoms with Crippen molar-refractivity contribution in [1.29, 1.82) is 0 Å². The van der Waals surface area contributed by atoms with Crippen LogP contribution in [0.2, 0.25) is 0 Å².